The molecule has 0 aromatic rings. The summed E-state index contributed by atoms with van der Waals surface area (Å²) in [5, 5.41) is -5.81. The van der Waals surface area contributed by atoms with Gasteiger partial charge in [0.2, 0.25) is 9.84 Å². The van der Waals surface area contributed by atoms with E-state index < -0.39 is 45.3 Å². The smallest absolute Gasteiger partial charge is 0.456 e. The van der Waals surface area contributed by atoms with Crippen molar-refractivity contribution in [1.82, 2.24) is 0 Å². The zero-order valence-electron chi connectivity index (χ0n) is 12.3. The number of methoxy groups -OCH3 is 2. The molecule has 0 spiro atoms. The lowest BCUT2D eigenvalue weighted by molar-refractivity contribution is -0.372. The second-order valence-corrected chi connectivity index (χ2v) is 6.67. The summed E-state index contributed by atoms with van der Waals surface area (Å²) >= 11 is 0. The van der Waals surface area contributed by atoms with Crippen molar-refractivity contribution in [1.29, 1.82) is 0 Å². The zero-order valence-corrected chi connectivity index (χ0v) is 13.1. The van der Waals surface area contributed by atoms with Gasteiger partial charge in [0.15, 0.2) is 0 Å². The number of unbranched alkanes of at least 4 members (excludes halogenated alkanes) is 2. The van der Waals surface area contributed by atoms with Crippen LogP contribution >= 0.6 is 0 Å². The Hall–Kier alpha value is -1.04. The van der Waals surface area contributed by atoms with Gasteiger partial charge in [-0.3, -0.25) is 4.79 Å². The fourth-order valence-electron chi connectivity index (χ4n) is 1.57. The highest BCUT2D eigenvalue weighted by molar-refractivity contribution is 7.92. The van der Waals surface area contributed by atoms with Crippen LogP contribution in [-0.2, 0) is 24.1 Å². The Bertz CT molecular complexity index is 504. The van der Waals surface area contributed by atoms with Gasteiger partial charge in [-0.25, -0.2) is 8.42 Å². The standard InChI is InChI=1S/C11H16F6O5S/c1-21-8(18)6-4-3-5-7-23(19,20)11(16,17)9(12,22-2)10(13,14)15/h3-7H2,1-2H3. The maximum Gasteiger partial charge on any atom is 0.456 e. The lowest BCUT2D eigenvalue weighted by atomic mass is 10.2. The van der Waals surface area contributed by atoms with Gasteiger partial charge in [-0.2, -0.15) is 26.3 Å². The fraction of sp³-hybridized carbons (Fsp3) is 0.909. The molecule has 0 aromatic carbocycles. The second kappa shape index (κ2) is 7.69. The van der Waals surface area contributed by atoms with Crippen LogP contribution in [0.15, 0.2) is 0 Å². The molecule has 23 heavy (non-hydrogen) atoms. The van der Waals surface area contributed by atoms with Gasteiger partial charge in [0.1, 0.15) is 0 Å². The first kappa shape index (κ1) is 22.0. The largest absolute Gasteiger partial charge is 0.469 e. The summed E-state index contributed by atoms with van der Waals surface area (Å²) in [5.41, 5.74) is 0. The number of hydrogen-bond donors (Lipinski definition) is 0. The van der Waals surface area contributed by atoms with Crippen LogP contribution in [0, 0.1) is 0 Å². The van der Waals surface area contributed by atoms with E-state index in [-0.39, 0.29) is 26.4 Å². The summed E-state index contributed by atoms with van der Waals surface area (Å²) in [6.07, 6.45) is -6.81. The summed E-state index contributed by atoms with van der Waals surface area (Å²) in [6.45, 7) is 0. The van der Waals surface area contributed by atoms with Gasteiger partial charge in [0.25, 0.3) is 0 Å². The van der Waals surface area contributed by atoms with Gasteiger partial charge in [-0.05, 0) is 12.8 Å². The molecule has 0 heterocycles. The normalized spacial score (nSPS) is 16.0. The van der Waals surface area contributed by atoms with Crippen molar-refractivity contribution in [3.63, 3.8) is 0 Å². The molecule has 0 rings (SSSR count). The minimum absolute atomic E-state index is 0.00667. The molecule has 0 aliphatic carbocycles. The first-order valence-corrected chi connectivity index (χ1v) is 7.89. The van der Waals surface area contributed by atoms with Gasteiger partial charge in [0, 0.05) is 13.5 Å². The number of carbonyl (C=O) groups excluding carboxylic acids is 1. The second-order valence-electron chi connectivity index (χ2n) is 4.52. The Kier molecular flexibility index (Phi) is 7.34. The van der Waals surface area contributed by atoms with Gasteiger partial charge in [-0.1, -0.05) is 6.42 Å². The highest BCUT2D eigenvalue weighted by atomic mass is 32.2. The van der Waals surface area contributed by atoms with E-state index in [9.17, 15) is 39.6 Å². The van der Waals surface area contributed by atoms with Crippen molar-refractivity contribution >= 4 is 15.8 Å². The Labute approximate surface area is 128 Å². The molecule has 0 fully saturated rings. The molecule has 12 heteroatoms. The molecule has 0 amide bonds. The van der Waals surface area contributed by atoms with Crippen LogP contribution in [0.2, 0.25) is 0 Å². The van der Waals surface area contributed by atoms with E-state index in [0.717, 1.165) is 7.11 Å². The topological polar surface area (TPSA) is 69.7 Å². The Morgan fingerprint density at radius 1 is 0.957 bits per heavy atom. The van der Waals surface area contributed by atoms with Gasteiger partial charge < -0.3 is 9.47 Å². The van der Waals surface area contributed by atoms with Crippen molar-refractivity contribution < 1.29 is 49.0 Å². The molecule has 138 valence electrons. The van der Waals surface area contributed by atoms with Crippen molar-refractivity contribution in [3.05, 3.63) is 0 Å². The van der Waals surface area contributed by atoms with Crippen LogP contribution in [0.4, 0.5) is 26.3 Å². The van der Waals surface area contributed by atoms with Crippen molar-refractivity contribution in [2.24, 2.45) is 0 Å². The van der Waals surface area contributed by atoms with Crippen LogP contribution in [0.5, 0.6) is 0 Å². The van der Waals surface area contributed by atoms with Gasteiger partial charge in [-0.15, -0.1) is 0 Å². The quantitative estimate of drug-likeness (QED) is 0.353. The molecule has 0 aliphatic heterocycles. The highest BCUT2D eigenvalue weighted by Gasteiger charge is 2.77. The molecule has 0 saturated carbocycles. The van der Waals surface area contributed by atoms with E-state index >= 15 is 0 Å². The Morgan fingerprint density at radius 3 is 1.87 bits per heavy atom. The van der Waals surface area contributed by atoms with Crippen LogP contribution in [0.3, 0.4) is 0 Å². The van der Waals surface area contributed by atoms with E-state index in [4.69, 9.17) is 0 Å². The van der Waals surface area contributed by atoms with E-state index in [1.54, 1.807) is 0 Å². The third kappa shape index (κ3) is 4.72. The SMILES string of the molecule is COC(=O)CCCCCS(=O)(=O)C(F)(F)C(F)(OC)C(F)(F)F. The van der Waals surface area contributed by atoms with Crippen LogP contribution < -0.4 is 0 Å². The summed E-state index contributed by atoms with van der Waals surface area (Å²) in [4.78, 5) is 10.8. The number of carbonyl (C=O) groups is 1. The number of sulfone groups is 1. The first-order chi connectivity index (χ1) is 10.3. The van der Waals surface area contributed by atoms with Crippen molar-refractivity contribution in [2.45, 2.75) is 43.0 Å². The average molecular weight is 374 g/mol. The number of esters is 1. The number of hydrogen-bond acceptors (Lipinski definition) is 5. The number of rotatable bonds is 9. The predicted molar refractivity (Wildman–Crippen MR) is 66.1 cm³/mol. The Morgan fingerprint density at radius 2 is 1.48 bits per heavy atom. The molecule has 0 N–H and O–H groups in total. The zero-order chi connectivity index (χ0) is 18.5. The maximum absolute atomic E-state index is 13.6. The van der Waals surface area contributed by atoms with Crippen LogP contribution in [-0.4, -0.2) is 51.6 Å². The van der Waals surface area contributed by atoms with Crippen molar-refractivity contribution in [3.8, 4) is 0 Å². The third-order valence-electron chi connectivity index (χ3n) is 2.93. The summed E-state index contributed by atoms with van der Waals surface area (Å²) < 4.78 is 108. The molecular formula is C11H16F6O5S. The van der Waals surface area contributed by atoms with E-state index in [0.29, 0.717) is 0 Å². The molecule has 0 saturated heterocycles. The maximum atomic E-state index is 13.6. The highest BCUT2D eigenvalue weighted by Crippen LogP contribution is 2.48. The van der Waals surface area contributed by atoms with E-state index in [2.05, 4.69) is 9.47 Å². The van der Waals surface area contributed by atoms with Gasteiger partial charge in [0.05, 0.1) is 12.9 Å². The van der Waals surface area contributed by atoms with Crippen LogP contribution in [0.1, 0.15) is 25.7 Å². The molecule has 1 unspecified atom stereocenters. The molecular weight excluding hydrogens is 358 g/mol. The molecule has 0 aliphatic rings. The minimum Gasteiger partial charge on any atom is -0.469 e. The molecule has 0 radical (unpaired) electrons. The lowest BCUT2D eigenvalue weighted by Gasteiger charge is -2.32. The molecule has 0 aromatic heterocycles. The van der Waals surface area contributed by atoms with E-state index in [1.165, 1.54) is 0 Å². The predicted octanol–water partition coefficient (Wildman–Crippen LogP) is 2.60. The molecule has 1 atom stereocenters. The summed E-state index contributed by atoms with van der Waals surface area (Å²) in [5.74, 6) is -7.66. The summed E-state index contributed by atoms with van der Waals surface area (Å²) in [6, 6.07) is 0. The molecule has 0 bridgehead atoms. The average Bonchev–Trinajstić information content (AvgIpc) is 2.43. The minimum atomic E-state index is -6.25. The van der Waals surface area contributed by atoms with Crippen molar-refractivity contribution in [2.75, 3.05) is 20.0 Å². The molecule has 5 nitrogen and oxygen atoms in total. The number of halogens is 6. The van der Waals surface area contributed by atoms with E-state index in [1.807, 2.05) is 0 Å². The monoisotopic (exact) mass is 374 g/mol. The fourth-order valence-corrected chi connectivity index (χ4v) is 3.01. The Balaban J connectivity index is 4.95. The third-order valence-corrected chi connectivity index (χ3v) is 4.80. The lowest BCUT2D eigenvalue weighted by Crippen LogP contribution is -2.60. The van der Waals surface area contributed by atoms with Gasteiger partial charge >= 0.3 is 23.3 Å². The number of ether oxygens (including phenoxy) is 2. The number of alkyl halides is 6. The van der Waals surface area contributed by atoms with Crippen LogP contribution in [0.25, 0.3) is 0 Å². The summed E-state index contributed by atoms with van der Waals surface area (Å²) in [7, 11) is -4.69. The first-order valence-electron chi connectivity index (χ1n) is 6.24.